The number of sulfone groups is 1. The smallest absolute Gasteiger partial charge is 0.315 e. The lowest BCUT2D eigenvalue weighted by molar-refractivity contribution is -0.124. The summed E-state index contributed by atoms with van der Waals surface area (Å²) in [7, 11) is -3.07. The van der Waals surface area contributed by atoms with Gasteiger partial charge in [-0.1, -0.05) is 20.3 Å². The Morgan fingerprint density at radius 1 is 1.31 bits per heavy atom. The van der Waals surface area contributed by atoms with Gasteiger partial charge >= 0.3 is 6.03 Å². The fraction of sp³-hybridized carbons (Fsp3) is 0.588. The molecule has 8 nitrogen and oxygen atoms in total. The molecule has 0 spiro atoms. The highest BCUT2D eigenvalue weighted by atomic mass is 32.2. The van der Waals surface area contributed by atoms with E-state index in [1.165, 1.54) is 0 Å². The summed E-state index contributed by atoms with van der Waals surface area (Å²) in [6.07, 6.45) is 4.41. The van der Waals surface area contributed by atoms with E-state index in [0.29, 0.717) is 19.4 Å². The first-order valence-corrected chi connectivity index (χ1v) is 10.6. The van der Waals surface area contributed by atoms with E-state index in [4.69, 9.17) is 0 Å². The molecular formula is C17H26N4O4S. The first-order chi connectivity index (χ1) is 12.3. The maximum atomic E-state index is 12.5. The van der Waals surface area contributed by atoms with Gasteiger partial charge in [0.1, 0.15) is 6.04 Å². The maximum absolute atomic E-state index is 12.5. The number of nitrogens with zero attached hydrogens (tertiary/aromatic N) is 1. The van der Waals surface area contributed by atoms with Crippen LogP contribution in [0.5, 0.6) is 0 Å². The predicted molar refractivity (Wildman–Crippen MR) is 98.1 cm³/mol. The van der Waals surface area contributed by atoms with E-state index in [1.807, 2.05) is 13.8 Å². The van der Waals surface area contributed by atoms with Crippen LogP contribution in [0.3, 0.4) is 0 Å². The van der Waals surface area contributed by atoms with E-state index >= 15 is 0 Å². The molecular weight excluding hydrogens is 356 g/mol. The number of amides is 3. The Bertz CT molecular complexity index is 724. The average Bonchev–Trinajstić information content (AvgIpc) is 2.96. The lowest BCUT2D eigenvalue weighted by Crippen LogP contribution is -2.54. The number of aromatic nitrogens is 1. The third-order valence-corrected chi connectivity index (χ3v) is 6.33. The molecule has 1 aromatic rings. The Morgan fingerprint density at radius 2 is 2.00 bits per heavy atom. The van der Waals surface area contributed by atoms with Gasteiger partial charge in [0.25, 0.3) is 0 Å². The molecule has 2 heterocycles. The van der Waals surface area contributed by atoms with Gasteiger partial charge in [-0.05, 0) is 30.0 Å². The quantitative estimate of drug-likeness (QED) is 0.638. The van der Waals surface area contributed by atoms with Gasteiger partial charge in [-0.3, -0.25) is 9.78 Å². The second kappa shape index (κ2) is 8.98. The summed E-state index contributed by atoms with van der Waals surface area (Å²) in [6, 6.07) is 1.99. The molecule has 1 saturated heterocycles. The largest absolute Gasteiger partial charge is 0.350 e. The molecule has 144 valence electrons. The van der Waals surface area contributed by atoms with Crippen molar-refractivity contribution in [2.45, 2.75) is 45.3 Å². The molecule has 0 radical (unpaired) electrons. The summed E-state index contributed by atoms with van der Waals surface area (Å²) in [6.45, 7) is 4.17. The molecule has 1 aliphatic rings. The lowest BCUT2D eigenvalue weighted by Gasteiger charge is -2.24. The van der Waals surface area contributed by atoms with Crippen LogP contribution in [0.25, 0.3) is 0 Å². The van der Waals surface area contributed by atoms with E-state index in [-0.39, 0.29) is 23.3 Å². The standard InChI is InChI=1S/C17H26N4O4S/c1-3-12(2)15(16(22)19-10-13-4-7-18-8-5-13)21-17(23)20-14-6-9-26(24,25)11-14/h4-5,7-8,12,14-15H,3,6,9-11H2,1-2H3,(H,19,22)(H2,20,21,23)/t12-,14-,15+/m1/s1. The Labute approximate surface area is 154 Å². The van der Waals surface area contributed by atoms with Crippen molar-refractivity contribution in [1.82, 2.24) is 20.9 Å². The summed E-state index contributed by atoms with van der Waals surface area (Å²) in [5.41, 5.74) is 0.914. The molecule has 1 fully saturated rings. The van der Waals surface area contributed by atoms with Crippen molar-refractivity contribution in [2.24, 2.45) is 5.92 Å². The fourth-order valence-electron chi connectivity index (χ4n) is 2.78. The molecule has 0 unspecified atom stereocenters. The minimum Gasteiger partial charge on any atom is -0.350 e. The van der Waals surface area contributed by atoms with Crippen molar-refractivity contribution in [3.8, 4) is 0 Å². The number of carbonyl (C=O) groups excluding carboxylic acids is 2. The predicted octanol–water partition coefficient (Wildman–Crippen LogP) is 0.599. The molecule has 1 aliphatic heterocycles. The van der Waals surface area contributed by atoms with Gasteiger partial charge in [0.15, 0.2) is 9.84 Å². The topological polar surface area (TPSA) is 117 Å². The normalized spacial score (nSPS) is 20.8. The first kappa shape index (κ1) is 20.2. The van der Waals surface area contributed by atoms with E-state index in [0.717, 1.165) is 5.56 Å². The molecule has 2 rings (SSSR count). The molecule has 3 amide bonds. The highest BCUT2D eigenvalue weighted by Gasteiger charge is 2.31. The van der Waals surface area contributed by atoms with Crippen LogP contribution < -0.4 is 16.0 Å². The summed E-state index contributed by atoms with van der Waals surface area (Å²) in [5.74, 6) is -0.308. The molecule has 1 aromatic heterocycles. The van der Waals surface area contributed by atoms with Crippen LogP contribution in [-0.4, -0.2) is 48.9 Å². The Morgan fingerprint density at radius 3 is 2.58 bits per heavy atom. The van der Waals surface area contributed by atoms with Crippen LogP contribution >= 0.6 is 0 Å². The third-order valence-electron chi connectivity index (χ3n) is 4.57. The number of nitrogens with one attached hydrogen (secondary N) is 3. The molecule has 9 heteroatoms. The highest BCUT2D eigenvalue weighted by Crippen LogP contribution is 2.12. The van der Waals surface area contributed by atoms with Gasteiger partial charge in [-0.25, -0.2) is 13.2 Å². The van der Waals surface area contributed by atoms with Gasteiger partial charge in [0.05, 0.1) is 11.5 Å². The zero-order chi connectivity index (χ0) is 19.2. The molecule has 26 heavy (non-hydrogen) atoms. The molecule has 0 aromatic carbocycles. The summed E-state index contributed by atoms with van der Waals surface area (Å²) < 4.78 is 23.0. The molecule has 3 N–H and O–H groups in total. The van der Waals surface area contributed by atoms with Crippen molar-refractivity contribution in [1.29, 1.82) is 0 Å². The lowest BCUT2D eigenvalue weighted by atomic mass is 9.98. The number of urea groups is 1. The zero-order valence-electron chi connectivity index (χ0n) is 15.1. The monoisotopic (exact) mass is 382 g/mol. The summed E-state index contributed by atoms with van der Waals surface area (Å²) in [4.78, 5) is 28.7. The second-order valence-corrected chi connectivity index (χ2v) is 8.88. The van der Waals surface area contributed by atoms with Crippen LogP contribution in [0, 0.1) is 5.92 Å². The van der Waals surface area contributed by atoms with Crippen LogP contribution in [0.4, 0.5) is 4.79 Å². The van der Waals surface area contributed by atoms with Gasteiger partial charge in [0, 0.05) is 25.0 Å². The molecule has 0 saturated carbocycles. The number of hydrogen-bond donors (Lipinski definition) is 3. The van der Waals surface area contributed by atoms with Gasteiger partial charge < -0.3 is 16.0 Å². The minimum absolute atomic E-state index is 0.0529. The van der Waals surface area contributed by atoms with Crippen LogP contribution in [0.15, 0.2) is 24.5 Å². The highest BCUT2D eigenvalue weighted by molar-refractivity contribution is 7.91. The van der Waals surface area contributed by atoms with Gasteiger partial charge in [0.2, 0.25) is 5.91 Å². The number of hydrogen-bond acceptors (Lipinski definition) is 5. The van der Waals surface area contributed by atoms with Crippen LogP contribution in [-0.2, 0) is 21.2 Å². The van der Waals surface area contributed by atoms with E-state index in [2.05, 4.69) is 20.9 Å². The summed E-state index contributed by atoms with van der Waals surface area (Å²) in [5, 5.41) is 8.17. The third kappa shape index (κ3) is 5.98. The van der Waals surface area contributed by atoms with Crippen LogP contribution in [0.1, 0.15) is 32.3 Å². The van der Waals surface area contributed by atoms with E-state index in [9.17, 15) is 18.0 Å². The Kier molecular flexibility index (Phi) is 6.96. The molecule has 0 bridgehead atoms. The van der Waals surface area contributed by atoms with Crippen molar-refractivity contribution in [2.75, 3.05) is 11.5 Å². The van der Waals surface area contributed by atoms with E-state index in [1.54, 1.807) is 24.5 Å². The minimum atomic E-state index is -3.07. The van der Waals surface area contributed by atoms with E-state index < -0.39 is 28.0 Å². The molecule has 0 aliphatic carbocycles. The number of rotatable bonds is 7. The van der Waals surface area contributed by atoms with Crippen molar-refractivity contribution < 1.29 is 18.0 Å². The second-order valence-electron chi connectivity index (χ2n) is 6.65. The van der Waals surface area contributed by atoms with Crippen molar-refractivity contribution >= 4 is 21.8 Å². The maximum Gasteiger partial charge on any atom is 0.315 e. The fourth-order valence-corrected chi connectivity index (χ4v) is 4.45. The van der Waals surface area contributed by atoms with Gasteiger partial charge in [-0.2, -0.15) is 0 Å². The van der Waals surface area contributed by atoms with Gasteiger partial charge in [-0.15, -0.1) is 0 Å². The Balaban J connectivity index is 1.91. The Hall–Kier alpha value is -2.16. The average molecular weight is 382 g/mol. The van der Waals surface area contributed by atoms with Crippen LogP contribution in [0.2, 0.25) is 0 Å². The van der Waals surface area contributed by atoms with Crippen molar-refractivity contribution in [3.63, 3.8) is 0 Å². The first-order valence-electron chi connectivity index (χ1n) is 8.75. The SMILES string of the molecule is CC[C@@H](C)[C@H](NC(=O)N[C@@H]1CCS(=O)(=O)C1)C(=O)NCc1ccncc1. The summed E-state index contributed by atoms with van der Waals surface area (Å²) >= 11 is 0. The number of pyridine rings is 1. The number of carbonyl (C=O) groups is 2. The zero-order valence-corrected chi connectivity index (χ0v) is 15.9. The van der Waals surface area contributed by atoms with Crippen molar-refractivity contribution in [3.05, 3.63) is 30.1 Å². The molecule has 3 atom stereocenters.